The highest BCUT2D eigenvalue weighted by atomic mass is 19.1. The Kier molecular flexibility index (Phi) is 8.58. The lowest BCUT2D eigenvalue weighted by atomic mass is 9.95. The standard InChI is InChI=1S/C31H29FN6O3/c32-23-17-15-21(16-18-23)28-22(20-38(37-28)25-11-5-2-6-12-25)19-33-36-31(41)30(40)35-27-14-8-7-13-26(27)29(39)34-24-9-3-1-4-10-24/h2,5-8,11-20,24H,1,3-4,9-10H2,(H,34,39)(H,35,40)(H,36,41)/b33-19-. The summed E-state index contributed by atoms with van der Waals surface area (Å²) < 4.78 is 15.2. The number of hydrazone groups is 1. The monoisotopic (exact) mass is 552 g/mol. The Labute approximate surface area is 236 Å². The Morgan fingerprint density at radius 1 is 0.878 bits per heavy atom. The molecule has 0 saturated heterocycles. The summed E-state index contributed by atoms with van der Waals surface area (Å²) in [6.07, 6.45) is 8.23. The molecule has 3 N–H and O–H groups in total. The molecule has 1 heterocycles. The predicted molar refractivity (Wildman–Crippen MR) is 154 cm³/mol. The summed E-state index contributed by atoms with van der Waals surface area (Å²) in [6, 6.07) is 21.9. The van der Waals surface area contributed by atoms with Crippen LogP contribution < -0.4 is 16.1 Å². The van der Waals surface area contributed by atoms with Crippen LogP contribution in [-0.2, 0) is 9.59 Å². The number of hydrogen-bond acceptors (Lipinski definition) is 5. The summed E-state index contributed by atoms with van der Waals surface area (Å²) in [5.41, 5.74) is 5.22. The van der Waals surface area contributed by atoms with Crippen molar-refractivity contribution >= 4 is 29.6 Å². The predicted octanol–water partition coefficient (Wildman–Crippen LogP) is 4.83. The van der Waals surface area contributed by atoms with Crippen molar-refractivity contribution in [2.45, 2.75) is 38.1 Å². The lowest BCUT2D eigenvalue weighted by molar-refractivity contribution is -0.136. The van der Waals surface area contributed by atoms with Crippen molar-refractivity contribution in [3.8, 4) is 16.9 Å². The molecular weight excluding hydrogens is 523 g/mol. The third-order valence-electron chi connectivity index (χ3n) is 6.82. The van der Waals surface area contributed by atoms with Crippen LogP contribution >= 0.6 is 0 Å². The number of halogens is 1. The largest absolute Gasteiger partial charge is 0.349 e. The van der Waals surface area contributed by atoms with Gasteiger partial charge in [0.25, 0.3) is 5.91 Å². The first-order chi connectivity index (χ1) is 20.0. The number of hydrogen-bond donors (Lipinski definition) is 3. The highest BCUT2D eigenvalue weighted by molar-refractivity contribution is 6.40. The van der Waals surface area contributed by atoms with Crippen molar-refractivity contribution in [3.05, 3.63) is 102 Å². The van der Waals surface area contributed by atoms with Gasteiger partial charge in [-0.3, -0.25) is 14.4 Å². The third kappa shape index (κ3) is 6.91. The molecule has 10 heteroatoms. The molecule has 1 fully saturated rings. The smallest absolute Gasteiger partial charge is 0.329 e. The number of nitrogens with one attached hydrogen (secondary N) is 3. The van der Waals surface area contributed by atoms with E-state index >= 15 is 0 Å². The fourth-order valence-corrected chi connectivity index (χ4v) is 4.72. The number of para-hydroxylation sites is 2. The fourth-order valence-electron chi connectivity index (χ4n) is 4.72. The van der Waals surface area contributed by atoms with Crippen LogP contribution in [-0.4, -0.2) is 39.8 Å². The van der Waals surface area contributed by atoms with Crippen LogP contribution in [0.4, 0.5) is 10.1 Å². The SMILES string of the molecule is O=C(N/N=C\c1cn(-c2ccccc2)nc1-c1ccc(F)cc1)C(=O)Nc1ccccc1C(=O)NC1CCCCC1. The molecule has 41 heavy (non-hydrogen) atoms. The van der Waals surface area contributed by atoms with Gasteiger partial charge in [-0.1, -0.05) is 49.6 Å². The van der Waals surface area contributed by atoms with Crippen molar-refractivity contribution in [3.63, 3.8) is 0 Å². The second kappa shape index (κ2) is 12.8. The number of amides is 3. The quantitative estimate of drug-likeness (QED) is 0.173. The summed E-state index contributed by atoms with van der Waals surface area (Å²) in [4.78, 5) is 38.1. The third-order valence-corrected chi connectivity index (χ3v) is 6.82. The van der Waals surface area contributed by atoms with Gasteiger partial charge < -0.3 is 10.6 Å². The minimum atomic E-state index is -1.01. The number of nitrogens with zero attached hydrogens (tertiary/aromatic N) is 3. The maximum atomic E-state index is 13.5. The molecule has 0 spiro atoms. The molecule has 3 amide bonds. The molecule has 0 radical (unpaired) electrons. The zero-order valence-corrected chi connectivity index (χ0v) is 22.2. The van der Waals surface area contributed by atoms with Crippen molar-refractivity contribution in [1.29, 1.82) is 0 Å². The van der Waals surface area contributed by atoms with Gasteiger partial charge in [0.1, 0.15) is 11.5 Å². The first-order valence-electron chi connectivity index (χ1n) is 13.4. The number of anilines is 1. The first kappa shape index (κ1) is 27.4. The summed E-state index contributed by atoms with van der Waals surface area (Å²) in [5, 5.41) is 14.1. The van der Waals surface area contributed by atoms with Crippen LogP contribution in [0, 0.1) is 5.82 Å². The Morgan fingerprint density at radius 2 is 1.59 bits per heavy atom. The second-order valence-corrected chi connectivity index (χ2v) is 9.73. The zero-order chi connectivity index (χ0) is 28.6. The Hall–Kier alpha value is -5.12. The van der Waals surface area contributed by atoms with Gasteiger partial charge in [0.05, 0.1) is 23.2 Å². The van der Waals surface area contributed by atoms with E-state index in [-0.39, 0.29) is 29.0 Å². The number of rotatable bonds is 7. The van der Waals surface area contributed by atoms with Crippen LogP contribution in [0.3, 0.4) is 0 Å². The van der Waals surface area contributed by atoms with E-state index in [1.54, 1.807) is 47.3 Å². The Morgan fingerprint density at radius 3 is 2.34 bits per heavy atom. The van der Waals surface area contributed by atoms with Crippen LogP contribution in [0.2, 0.25) is 0 Å². The van der Waals surface area contributed by atoms with Gasteiger partial charge in [0.2, 0.25) is 0 Å². The van der Waals surface area contributed by atoms with E-state index in [1.165, 1.54) is 24.8 Å². The van der Waals surface area contributed by atoms with E-state index in [4.69, 9.17) is 0 Å². The molecule has 0 atom stereocenters. The van der Waals surface area contributed by atoms with Crippen molar-refractivity contribution < 1.29 is 18.8 Å². The first-order valence-corrected chi connectivity index (χ1v) is 13.4. The molecule has 208 valence electrons. The summed E-state index contributed by atoms with van der Waals surface area (Å²) in [5.74, 6) is -2.66. The molecule has 9 nitrogen and oxygen atoms in total. The molecule has 0 bridgehead atoms. The number of aromatic nitrogens is 2. The van der Waals surface area contributed by atoms with Gasteiger partial charge in [0.15, 0.2) is 0 Å². The minimum absolute atomic E-state index is 0.101. The maximum Gasteiger partial charge on any atom is 0.329 e. The summed E-state index contributed by atoms with van der Waals surface area (Å²) in [7, 11) is 0. The van der Waals surface area contributed by atoms with Gasteiger partial charge in [-0.2, -0.15) is 10.2 Å². The van der Waals surface area contributed by atoms with Crippen LogP contribution in [0.15, 0.2) is 90.2 Å². The van der Waals surface area contributed by atoms with Crippen LogP contribution in [0.1, 0.15) is 48.0 Å². The van der Waals surface area contributed by atoms with Crippen molar-refractivity contribution in [2.75, 3.05) is 5.32 Å². The van der Waals surface area contributed by atoms with Gasteiger partial charge in [-0.25, -0.2) is 14.5 Å². The molecule has 0 unspecified atom stereocenters. The van der Waals surface area contributed by atoms with Gasteiger partial charge in [-0.15, -0.1) is 0 Å². The molecule has 5 rings (SSSR count). The van der Waals surface area contributed by atoms with Gasteiger partial charge >= 0.3 is 11.8 Å². The van der Waals surface area contributed by atoms with E-state index in [0.717, 1.165) is 31.4 Å². The minimum Gasteiger partial charge on any atom is -0.349 e. The van der Waals surface area contributed by atoms with E-state index in [1.807, 2.05) is 30.3 Å². The molecule has 0 aliphatic heterocycles. The topological polar surface area (TPSA) is 117 Å². The fraction of sp³-hybridized carbons (Fsp3) is 0.194. The van der Waals surface area contributed by atoms with E-state index in [2.05, 4.69) is 26.3 Å². The van der Waals surface area contributed by atoms with Crippen LogP contribution in [0.25, 0.3) is 16.9 Å². The average Bonchev–Trinajstić information content (AvgIpc) is 3.43. The van der Waals surface area contributed by atoms with Crippen molar-refractivity contribution in [2.24, 2.45) is 5.10 Å². The second-order valence-electron chi connectivity index (χ2n) is 9.73. The lowest BCUT2D eigenvalue weighted by Crippen LogP contribution is -2.37. The molecular formula is C31H29FN6O3. The molecule has 1 aliphatic rings. The highest BCUT2D eigenvalue weighted by Crippen LogP contribution is 2.23. The van der Waals surface area contributed by atoms with Gasteiger partial charge in [-0.05, 0) is 61.4 Å². The lowest BCUT2D eigenvalue weighted by Gasteiger charge is -2.23. The Balaban J connectivity index is 1.27. The highest BCUT2D eigenvalue weighted by Gasteiger charge is 2.21. The number of carbonyl (C=O) groups excluding carboxylic acids is 3. The summed E-state index contributed by atoms with van der Waals surface area (Å²) >= 11 is 0. The normalized spacial score (nSPS) is 13.6. The van der Waals surface area contributed by atoms with Crippen LogP contribution in [0.5, 0.6) is 0 Å². The molecule has 1 aliphatic carbocycles. The molecule has 4 aromatic rings. The average molecular weight is 553 g/mol. The summed E-state index contributed by atoms with van der Waals surface area (Å²) in [6.45, 7) is 0. The Bertz CT molecular complexity index is 1560. The van der Waals surface area contributed by atoms with Gasteiger partial charge in [0, 0.05) is 23.4 Å². The van der Waals surface area contributed by atoms with Crippen molar-refractivity contribution in [1.82, 2.24) is 20.5 Å². The van der Waals surface area contributed by atoms with E-state index in [0.29, 0.717) is 16.8 Å². The van der Waals surface area contributed by atoms with E-state index in [9.17, 15) is 18.8 Å². The number of benzene rings is 3. The molecule has 3 aromatic carbocycles. The zero-order valence-electron chi connectivity index (χ0n) is 22.2. The van der Waals surface area contributed by atoms with E-state index < -0.39 is 11.8 Å². The molecule has 1 aromatic heterocycles. The number of carbonyl (C=O) groups is 3. The molecule has 1 saturated carbocycles. The maximum absolute atomic E-state index is 13.5.